The van der Waals surface area contributed by atoms with Crippen molar-refractivity contribution in [2.75, 3.05) is 10.0 Å². The summed E-state index contributed by atoms with van der Waals surface area (Å²) in [6.45, 7) is 0. The van der Waals surface area contributed by atoms with Crippen LogP contribution in [0.15, 0.2) is 48.5 Å². The monoisotopic (exact) mass is 351 g/mol. The fourth-order valence-corrected chi connectivity index (χ4v) is 2.29. The maximum absolute atomic E-state index is 11.8. The van der Waals surface area contributed by atoms with Gasteiger partial charge in [-0.2, -0.15) is 0 Å². The first-order valence-corrected chi connectivity index (χ1v) is 7.83. The first kappa shape index (κ1) is 17.0. The maximum Gasteiger partial charge on any atom is 0.248 e. The number of aromatic hydroxyl groups is 1. The quantitative estimate of drug-likeness (QED) is 0.438. The van der Waals surface area contributed by atoms with Crippen molar-refractivity contribution in [3.8, 4) is 5.75 Å². The molecule has 1 atom stereocenters. The number of amides is 1. The Morgan fingerprint density at radius 3 is 2.70 bits per heavy atom. The minimum atomic E-state index is -2.52. The number of nitrogens with one attached hydrogen (secondary N) is 2. The third kappa shape index (κ3) is 5.41. The molecule has 0 bridgehead atoms. The zero-order chi connectivity index (χ0) is 16.8. The zero-order valence-corrected chi connectivity index (χ0v) is 13.2. The topological polar surface area (TPSA) is 101 Å². The van der Waals surface area contributed by atoms with E-state index in [2.05, 4.69) is 10.0 Å². The molecule has 0 fully saturated rings. The van der Waals surface area contributed by atoms with Crippen molar-refractivity contribution in [1.82, 2.24) is 0 Å². The number of phenolic OH excluding ortho intramolecular Hbond substituents is 1. The van der Waals surface area contributed by atoms with Crippen molar-refractivity contribution in [2.24, 2.45) is 0 Å². The smallest absolute Gasteiger partial charge is 0.248 e. The highest BCUT2D eigenvalue weighted by atomic mass is 35.5. The van der Waals surface area contributed by atoms with Gasteiger partial charge in [-0.15, -0.1) is 0 Å². The first-order valence-electron chi connectivity index (χ1n) is 6.37. The molecule has 2 aromatic carbocycles. The van der Waals surface area contributed by atoms with E-state index in [0.717, 1.165) is 0 Å². The lowest BCUT2D eigenvalue weighted by atomic mass is 10.2. The van der Waals surface area contributed by atoms with Gasteiger partial charge in [0.1, 0.15) is 5.75 Å². The van der Waals surface area contributed by atoms with Gasteiger partial charge in [-0.25, -0.2) is 0 Å². The molecule has 2 aromatic rings. The molecule has 6 nitrogen and oxygen atoms in total. The Bertz CT molecular complexity index is 780. The van der Waals surface area contributed by atoms with Gasteiger partial charge in [0.05, 0.1) is 5.69 Å². The lowest BCUT2D eigenvalue weighted by Crippen LogP contribution is -2.07. The van der Waals surface area contributed by atoms with Crippen LogP contribution in [0.3, 0.4) is 0 Å². The number of halogens is 1. The largest absolute Gasteiger partial charge is 0.755 e. The normalized spacial score (nSPS) is 12.1. The summed E-state index contributed by atoms with van der Waals surface area (Å²) in [5.74, 6) is -0.610. The van der Waals surface area contributed by atoms with Crippen LogP contribution in [0.2, 0.25) is 5.02 Å². The predicted molar refractivity (Wildman–Crippen MR) is 89.8 cm³/mol. The van der Waals surface area contributed by atoms with Gasteiger partial charge in [-0.1, -0.05) is 23.7 Å². The van der Waals surface area contributed by atoms with Crippen LogP contribution in [0, 0.1) is 0 Å². The molecule has 0 radical (unpaired) electrons. The average Bonchev–Trinajstić information content (AvgIpc) is 2.47. The molecule has 1 amide bonds. The van der Waals surface area contributed by atoms with Crippen LogP contribution in [-0.4, -0.2) is 19.8 Å². The second kappa shape index (κ2) is 7.77. The number of carbonyl (C=O) groups is 1. The number of hydrogen-bond donors (Lipinski definition) is 3. The minimum absolute atomic E-state index is 0.0545. The van der Waals surface area contributed by atoms with Crippen LogP contribution < -0.4 is 10.0 Å². The molecule has 120 valence electrons. The van der Waals surface area contributed by atoms with Crippen molar-refractivity contribution in [2.45, 2.75) is 0 Å². The van der Waals surface area contributed by atoms with E-state index in [0.29, 0.717) is 16.3 Å². The Morgan fingerprint density at radius 1 is 1.26 bits per heavy atom. The third-order valence-electron chi connectivity index (χ3n) is 2.73. The van der Waals surface area contributed by atoms with Gasteiger partial charge < -0.3 is 19.7 Å². The highest BCUT2D eigenvalue weighted by molar-refractivity contribution is 7.80. The molecule has 0 spiro atoms. The molecule has 0 saturated heterocycles. The SMILES string of the molecule is O=C(/C=C/c1ccc(NS(=O)[O-])c(O)c1)Nc1cccc(Cl)c1. The number of phenols is 1. The van der Waals surface area contributed by atoms with Gasteiger partial charge in [0, 0.05) is 28.1 Å². The highest BCUT2D eigenvalue weighted by Crippen LogP contribution is 2.25. The molecular formula is C15H12ClN2O4S-. The Kier molecular flexibility index (Phi) is 5.75. The van der Waals surface area contributed by atoms with Crippen molar-refractivity contribution in [1.29, 1.82) is 0 Å². The van der Waals surface area contributed by atoms with E-state index in [1.165, 1.54) is 24.3 Å². The molecule has 0 saturated carbocycles. The van der Waals surface area contributed by atoms with Crippen LogP contribution in [0.5, 0.6) is 5.75 Å². The minimum Gasteiger partial charge on any atom is -0.755 e. The number of rotatable bonds is 5. The Morgan fingerprint density at radius 2 is 2.04 bits per heavy atom. The predicted octanol–water partition coefficient (Wildman–Crippen LogP) is 2.90. The molecule has 0 aliphatic heterocycles. The number of hydrogen-bond acceptors (Lipinski definition) is 4. The van der Waals surface area contributed by atoms with Crippen molar-refractivity contribution in [3.05, 3.63) is 59.1 Å². The summed E-state index contributed by atoms with van der Waals surface area (Å²) in [6.07, 6.45) is 2.77. The van der Waals surface area contributed by atoms with Gasteiger partial charge in [-0.3, -0.25) is 9.00 Å². The van der Waals surface area contributed by atoms with Gasteiger partial charge >= 0.3 is 0 Å². The Hall–Kier alpha value is -2.35. The zero-order valence-electron chi connectivity index (χ0n) is 11.7. The van der Waals surface area contributed by atoms with Crippen molar-refractivity contribution in [3.63, 3.8) is 0 Å². The fourth-order valence-electron chi connectivity index (χ4n) is 1.75. The molecule has 2 rings (SSSR count). The highest BCUT2D eigenvalue weighted by Gasteiger charge is 2.02. The summed E-state index contributed by atoms with van der Waals surface area (Å²) in [6, 6.07) is 11.0. The van der Waals surface area contributed by atoms with Gasteiger partial charge in [0.2, 0.25) is 5.91 Å². The van der Waals surface area contributed by atoms with E-state index in [-0.39, 0.29) is 17.3 Å². The van der Waals surface area contributed by atoms with Crippen LogP contribution >= 0.6 is 11.6 Å². The summed E-state index contributed by atoms with van der Waals surface area (Å²) in [5, 5.41) is 12.8. The fraction of sp³-hybridized carbons (Fsp3) is 0. The number of benzene rings is 2. The molecule has 0 heterocycles. The van der Waals surface area contributed by atoms with E-state index in [1.807, 2.05) is 0 Å². The van der Waals surface area contributed by atoms with E-state index in [4.69, 9.17) is 11.6 Å². The molecule has 1 unspecified atom stereocenters. The van der Waals surface area contributed by atoms with E-state index in [9.17, 15) is 18.7 Å². The van der Waals surface area contributed by atoms with Gasteiger partial charge in [0.15, 0.2) is 0 Å². The molecule has 0 aromatic heterocycles. The molecule has 0 aliphatic rings. The average molecular weight is 352 g/mol. The summed E-state index contributed by atoms with van der Waals surface area (Å²) in [5.41, 5.74) is 1.15. The molecule has 23 heavy (non-hydrogen) atoms. The standard InChI is InChI=1S/C15H13ClN2O4S/c16-11-2-1-3-12(9-11)17-15(20)7-5-10-4-6-13(14(19)8-10)18-23(21)22/h1-9,18-19H,(H,17,20)(H,21,22)/p-1/b7-5+. The van der Waals surface area contributed by atoms with Crippen LogP contribution in [-0.2, 0) is 16.1 Å². The second-order valence-corrected chi connectivity index (χ2v) is 5.56. The van der Waals surface area contributed by atoms with Gasteiger partial charge in [-0.05, 0) is 42.0 Å². The Labute approximate surface area is 140 Å². The summed E-state index contributed by atoms with van der Waals surface area (Å²) in [7, 11) is 0. The maximum atomic E-state index is 11.8. The summed E-state index contributed by atoms with van der Waals surface area (Å²) >= 11 is 3.30. The lowest BCUT2D eigenvalue weighted by Gasteiger charge is -2.10. The summed E-state index contributed by atoms with van der Waals surface area (Å²) in [4.78, 5) is 11.8. The van der Waals surface area contributed by atoms with Crippen LogP contribution in [0.4, 0.5) is 11.4 Å². The molecule has 3 N–H and O–H groups in total. The molecule has 0 aliphatic carbocycles. The van der Waals surface area contributed by atoms with Crippen LogP contribution in [0.1, 0.15) is 5.56 Å². The number of carbonyl (C=O) groups excluding carboxylic acids is 1. The van der Waals surface area contributed by atoms with E-state index in [1.54, 1.807) is 30.3 Å². The van der Waals surface area contributed by atoms with E-state index >= 15 is 0 Å². The van der Waals surface area contributed by atoms with Gasteiger partial charge in [0.25, 0.3) is 0 Å². The van der Waals surface area contributed by atoms with Crippen LogP contribution in [0.25, 0.3) is 6.08 Å². The number of anilines is 2. The van der Waals surface area contributed by atoms with E-state index < -0.39 is 11.3 Å². The molecule has 8 heteroatoms. The Balaban J connectivity index is 2.03. The second-order valence-electron chi connectivity index (χ2n) is 4.45. The lowest BCUT2D eigenvalue weighted by molar-refractivity contribution is -0.111. The third-order valence-corrected chi connectivity index (χ3v) is 3.36. The molecular weight excluding hydrogens is 340 g/mol. The first-order chi connectivity index (χ1) is 10.9. The van der Waals surface area contributed by atoms with Crippen molar-refractivity contribution >= 4 is 46.2 Å². The summed E-state index contributed by atoms with van der Waals surface area (Å²) < 4.78 is 23.1. The van der Waals surface area contributed by atoms with Crippen molar-refractivity contribution < 1.29 is 18.7 Å².